The highest BCUT2D eigenvalue weighted by Crippen LogP contribution is 2.25. The van der Waals surface area contributed by atoms with Gasteiger partial charge in [-0.3, -0.25) is 4.79 Å². The minimum absolute atomic E-state index is 0.0718. The van der Waals surface area contributed by atoms with E-state index in [1.165, 1.54) is 30.5 Å². The van der Waals surface area contributed by atoms with E-state index in [1.807, 2.05) is 19.1 Å². The van der Waals surface area contributed by atoms with Crippen molar-refractivity contribution >= 4 is 11.6 Å². The third-order valence-electron chi connectivity index (χ3n) is 5.79. The fourth-order valence-corrected chi connectivity index (χ4v) is 3.80. The van der Waals surface area contributed by atoms with Crippen molar-refractivity contribution in [1.82, 2.24) is 5.32 Å². The molecule has 3 rings (SSSR count). The summed E-state index contributed by atoms with van der Waals surface area (Å²) in [6.07, 6.45) is 4.02. The number of carbonyl (C=O) groups excluding carboxylic acids is 1. The second-order valence-electron chi connectivity index (χ2n) is 9.22. The number of hydrogen-bond acceptors (Lipinski definition) is 3. The number of amides is 1. The van der Waals surface area contributed by atoms with E-state index in [0.717, 1.165) is 24.4 Å². The van der Waals surface area contributed by atoms with Crippen molar-refractivity contribution in [2.45, 2.75) is 71.4 Å². The van der Waals surface area contributed by atoms with Gasteiger partial charge in [0.15, 0.2) is 6.10 Å². The van der Waals surface area contributed by atoms with Gasteiger partial charge < -0.3 is 15.0 Å². The van der Waals surface area contributed by atoms with Gasteiger partial charge in [-0.2, -0.15) is 0 Å². The van der Waals surface area contributed by atoms with Crippen molar-refractivity contribution in [2.75, 3.05) is 18.0 Å². The average Bonchev–Trinajstić information content (AvgIpc) is 2.76. The first-order chi connectivity index (χ1) is 14.4. The SMILES string of the molecule is CC[C@H](Oc1ccc(C(C)(C)C)cc1)C(=O)NCc1ccc(N2CCCCC2)cc1. The minimum Gasteiger partial charge on any atom is -0.481 e. The van der Waals surface area contributed by atoms with Crippen LogP contribution in [0.1, 0.15) is 64.5 Å². The lowest BCUT2D eigenvalue weighted by molar-refractivity contribution is -0.128. The number of nitrogens with zero attached hydrogens (tertiary/aromatic N) is 1. The Kier molecular flexibility index (Phi) is 7.41. The van der Waals surface area contributed by atoms with Gasteiger partial charge in [0.1, 0.15) is 5.75 Å². The van der Waals surface area contributed by atoms with Gasteiger partial charge in [0.2, 0.25) is 0 Å². The molecule has 1 fully saturated rings. The van der Waals surface area contributed by atoms with Gasteiger partial charge in [0.25, 0.3) is 5.91 Å². The molecule has 1 saturated heterocycles. The summed E-state index contributed by atoms with van der Waals surface area (Å²) in [5.74, 6) is 0.661. The van der Waals surface area contributed by atoms with Gasteiger partial charge in [0.05, 0.1) is 0 Å². The van der Waals surface area contributed by atoms with Gasteiger partial charge in [-0.05, 0) is 66.5 Å². The Labute approximate surface area is 181 Å². The predicted molar refractivity (Wildman–Crippen MR) is 124 cm³/mol. The van der Waals surface area contributed by atoms with E-state index in [1.54, 1.807) is 0 Å². The van der Waals surface area contributed by atoms with Crippen LogP contribution in [0.5, 0.6) is 5.75 Å². The van der Waals surface area contributed by atoms with Crippen LogP contribution in [0.3, 0.4) is 0 Å². The molecule has 2 aromatic carbocycles. The molecule has 1 N–H and O–H groups in total. The highest BCUT2D eigenvalue weighted by Gasteiger charge is 2.19. The fourth-order valence-electron chi connectivity index (χ4n) is 3.80. The molecule has 2 aromatic rings. The van der Waals surface area contributed by atoms with Crippen molar-refractivity contribution in [2.24, 2.45) is 0 Å². The van der Waals surface area contributed by atoms with Crippen LogP contribution in [0, 0.1) is 0 Å². The number of hydrogen-bond donors (Lipinski definition) is 1. The van der Waals surface area contributed by atoms with Crippen molar-refractivity contribution in [3.05, 3.63) is 59.7 Å². The number of rotatable bonds is 7. The molecule has 0 bridgehead atoms. The fraction of sp³-hybridized carbons (Fsp3) is 0.500. The van der Waals surface area contributed by atoms with Gasteiger partial charge in [0, 0.05) is 25.3 Å². The first-order valence-corrected chi connectivity index (χ1v) is 11.3. The zero-order valence-corrected chi connectivity index (χ0v) is 18.9. The van der Waals surface area contributed by atoms with Gasteiger partial charge in [-0.25, -0.2) is 0 Å². The summed E-state index contributed by atoms with van der Waals surface area (Å²) in [7, 11) is 0. The lowest BCUT2D eigenvalue weighted by atomic mass is 9.87. The summed E-state index contributed by atoms with van der Waals surface area (Å²) in [6.45, 7) is 11.3. The van der Waals surface area contributed by atoms with Crippen LogP contribution in [0.4, 0.5) is 5.69 Å². The van der Waals surface area contributed by atoms with Crippen molar-refractivity contribution < 1.29 is 9.53 Å². The van der Waals surface area contributed by atoms with Crippen LogP contribution in [-0.4, -0.2) is 25.1 Å². The highest BCUT2D eigenvalue weighted by molar-refractivity contribution is 5.81. The van der Waals surface area contributed by atoms with Crippen LogP contribution >= 0.6 is 0 Å². The van der Waals surface area contributed by atoms with Crippen LogP contribution in [-0.2, 0) is 16.8 Å². The molecule has 162 valence electrons. The monoisotopic (exact) mass is 408 g/mol. The first kappa shape index (κ1) is 22.2. The van der Waals surface area contributed by atoms with E-state index < -0.39 is 6.10 Å². The number of carbonyl (C=O) groups is 1. The third kappa shape index (κ3) is 6.01. The Hall–Kier alpha value is -2.49. The Morgan fingerprint density at radius 2 is 1.63 bits per heavy atom. The lowest BCUT2D eigenvalue weighted by Crippen LogP contribution is -2.37. The quantitative estimate of drug-likeness (QED) is 0.662. The smallest absolute Gasteiger partial charge is 0.261 e. The summed E-state index contributed by atoms with van der Waals surface area (Å²) in [4.78, 5) is 15.1. The molecule has 0 unspecified atom stereocenters. The second kappa shape index (κ2) is 10.0. The normalized spacial score (nSPS) is 15.5. The van der Waals surface area contributed by atoms with Crippen molar-refractivity contribution in [3.63, 3.8) is 0 Å². The summed E-state index contributed by atoms with van der Waals surface area (Å²) in [6, 6.07) is 16.6. The zero-order valence-electron chi connectivity index (χ0n) is 18.9. The predicted octanol–water partition coefficient (Wildman–Crippen LogP) is 5.45. The Bertz CT molecular complexity index is 800. The molecule has 0 radical (unpaired) electrons. The third-order valence-corrected chi connectivity index (χ3v) is 5.79. The second-order valence-corrected chi connectivity index (χ2v) is 9.22. The van der Waals surface area contributed by atoms with E-state index in [9.17, 15) is 4.79 Å². The van der Waals surface area contributed by atoms with E-state index in [4.69, 9.17) is 4.74 Å². The molecular formula is C26H36N2O2. The summed E-state index contributed by atoms with van der Waals surface area (Å²) in [5.41, 5.74) is 3.73. The summed E-state index contributed by atoms with van der Waals surface area (Å²) in [5, 5.41) is 3.03. The maximum absolute atomic E-state index is 12.6. The largest absolute Gasteiger partial charge is 0.481 e. The minimum atomic E-state index is -0.488. The zero-order chi connectivity index (χ0) is 21.6. The van der Waals surface area contributed by atoms with E-state index in [-0.39, 0.29) is 11.3 Å². The Morgan fingerprint density at radius 1 is 1.00 bits per heavy atom. The Morgan fingerprint density at radius 3 is 2.20 bits per heavy atom. The molecule has 1 aliphatic rings. The number of ether oxygens (including phenoxy) is 1. The molecule has 1 aliphatic heterocycles. The number of nitrogens with one attached hydrogen (secondary N) is 1. The molecule has 4 heteroatoms. The summed E-state index contributed by atoms with van der Waals surface area (Å²) >= 11 is 0. The maximum atomic E-state index is 12.6. The van der Waals surface area contributed by atoms with Crippen LogP contribution in [0.2, 0.25) is 0 Å². The van der Waals surface area contributed by atoms with Crippen molar-refractivity contribution in [1.29, 1.82) is 0 Å². The van der Waals surface area contributed by atoms with E-state index in [0.29, 0.717) is 13.0 Å². The lowest BCUT2D eigenvalue weighted by Gasteiger charge is -2.28. The molecule has 1 amide bonds. The molecule has 1 atom stereocenters. The molecule has 0 aromatic heterocycles. The molecule has 0 aliphatic carbocycles. The van der Waals surface area contributed by atoms with Crippen LogP contribution < -0.4 is 15.0 Å². The topological polar surface area (TPSA) is 41.6 Å². The molecule has 0 saturated carbocycles. The highest BCUT2D eigenvalue weighted by atomic mass is 16.5. The van der Waals surface area contributed by atoms with E-state index >= 15 is 0 Å². The molecular weight excluding hydrogens is 372 g/mol. The average molecular weight is 409 g/mol. The first-order valence-electron chi connectivity index (χ1n) is 11.3. The van der Waals surface area contributed by atoms with Crippen molar-refractivity contribution in [3.8, 4) is 5.75 Å². The molecule has 1 heterocycles. The number of benzene rings is 2. The van der Waals surface area contributed by atoms with Crippen LogP contribution in [0.25, 0.3) is 0 Å². The molecule has 4 nitrogen and oxygen atoms in total. The van der Waals surface area contributed by atoms with Gasteiger partial charge >= 0.3 is 0 Å². The Balaban J connectivity index is 1.52. The van der Waals surface area contributed by atoms with Gasteiger partial charge in [-0.1, -0.05) is 52.0 Å². The van der Waals surface area contributed by atoms with Gasteiger partial charge in [-0.15, -0.1) is 0 Å². The van der Waals surface area contributed by atoms with E-state index in [2.05, 4.69) is 67.4 Å². The standard InChI is InChI=1S/C26H36N2O2/c1-5-24(30-23-15-11-21(12-16-23)26(2,3)4)25(29)27-19-20-9-13-22(14-10-20)28-17-7-6-8-18-28/h9-16,24H,5-8,17-19H2,1-4H3,(H,27,29)/t24-/m0/s1. The maximum Gasteiger partial charge on any atom is 0.261 e. The molecule has 30 heavy (non-hydrogen) atoms. The number of anilines is 1. The molecule has 0 spiro atoms. The summed E-state index contributed by atoms with van der Waals surface area (Å²) < 4.78 is 5.96. The van der Waals surface area contributed by atoms with Crippen LogP contribution in [0.15, 0.2) is 48.5 Å². The number of piperidine rings is 1.